The number of hydrogen-bond donors (Lipinski definition) is 0. The van der Waals surface area contributed by atoms with Crippen LogP contribution in [0.1, 0.15) is 96.5 Å². The highest BCUT2D eigenvalue weighted by atomic mass is 16.6. The summed E-state index contributed by atoms with van der Waals surface area (Å²) in [5.74, 6) is 0.573. The van der Waals surface area contributed by atoms with E-state index in [4.69, 9.17) is 9.47 Å². The van der Waals surface area contributed by atoms with E-state index in [0.29, 0.717) is 18.1 Å². The van der Waals surface area contributed by atoms with Crippen LogP contribution < -0.4 is 0 Å². The predicted octanol–water partition coefficient (Wildman–Crippen LogP) is 8.13. The molecule has 0 bridgehead atoms. The van der Waals surface area contributed by atoms with Crippen molar-refractivity contribution < 1.29 is 14.3 Å². The summed E-state index contributed by atoms with van der Waals surface area (Å²) in [5.41, 5.74) is 1.97. The Hall–Kier alpha value is -2.29. The lowest BCUT2D eigenvalue weighted by atomic mass is 10.0. The van der Waals surface area contributed by atoms with E-state index in [1.54, 1.807) is 6.92 Å². The van der Waals surface area contributed by atoms with Crippen LogP contribution in [-0.4, -0.2) is 12.6 Å². The molecule has 1 aliphatic rings. The van der Waals surface area contributed by atoms with Crippen molar-refractivity contribution >= 4 is 11.5 Å². The zero-order valence-electron chi connectivity index (χ0n) is 19.5. The van der Waals surface area contributed by atoms with Crippen molar-refractivity contribution in [1.82, 2.24) is 0 Å². The number of rotatable bonds is 17. The molecule has 1 aliphatic heterocycles. The van der Waals surface area contributed by atoms with Gasteiger partial charge in [-0.3, -0.25) is 0 Å². The average Bonchev–Trinajstić information content (AvgIpc) is 3.58. The first-order valence-electron chi connectivity index (χ1n) is 12.3. The molecular formula is C28H40O3. The molecule has 0 aliphatic carbocycles. The van der Waals surface area contributed by atoms with Gasteiger partial charge in [0.25, 0.3) is 5.76 Å². The van der Waals surface area contributed by atoms with Gasteiger partial charge in [0.15, 0.2) is 5.76 Å². The fraction of sp³-hybridized carbons (Fsp3) is 0.536. The zero-order chi connectivity index (χ0) is 22.2. The fourth-order valence-electron chi connectivity index (χ4n) is 3.69. The lowest BCUT2D eigenvalue weighted by Gasteiger charge is -2.02. The first-order valence-corrected chi connectivity index (χ1v) is 12.3. The maximum absolute atomic E-state index is 11.9. The van der Waals surface area contributed by atoms with Crippen LogP contribution in [0.3, 0.4) is 0 Å². The second-order valence-electron chi connectivity index (χ2n) is 8.18. The minimum absolute atomic E-state index is 0.329. The highest BCUT2D eigenvalue weighted by molar-refractivity contribution is 5.98. The Labute approximate surface area is 189 Å². The first-order chi connectivity index (χ1) is 15.3. The van der Waals surface area contributed by atoms with E-state index in [9.17, 15) is 4.79 Å². The molecule has 0 saturated carbocycles. The Kier molecular flexibility index (Phi) is 12.5. The number of carbonyl (C=O) groups excluding carboxylic acids is 1. The van der Waals surface area contributed by atoms with E-state index in [0.717, 1.165) is 17.6 Å². The molecule has 0 spiro atoms. The maximum atomic E-state index is 11.9. The van der Waals surface area contributed by atoms with Crippen molar-refractivity contribution in [1.29, 1.82) is 0 Å². The van der Waals surface area contributed by atoms with E-state index >= 15 is 0 Å². The summed E-state index contributed by atoms with van der Waals surface area (Å²) in [6, 6.07) is 10.0. The predicted molar refractivity (Wildman–Crippen MR) is 129 cm³/mol. The molecule has 1 heterocycles. The molecule has 0 saturated heterocycles. The van der Waals surface area contributed by atoms with E-state index in [1.807, 2.05) is 36.4 Å². The SMILES string of the molecule is CCCCCCCCCCCCCC=CC=C(C1=C(C(=O)OCC)O1)c1ccccc1. The van der Waals surface area contributed by atoms with Crippen molar-refractivity contribution in [2.24, 2.45) is 0 Å². The topological polar surface area (TPSA) is 38.8 Å². The standard InChI is InChI=1S/C28H40O3/c1-3-5-6-7-8-9-10-11-12-13-14-15-16-20-23-25(24-21-18-17-19-22-24)26-27(31-26)28(29)30-4-2/h16-23H,3-15H2,1-2H3. The highest BCUT2D eigenvalue weighted by Crippen LogP contribution is 2.39. The molecule has 31 heavy (non-hydrogen) atoms. The molecule has 0 radical (unpaired) electrons. The molecule has 0 atom stereocenters. The number of ether oxygens (including phenoxy) is 2. The fourth-order valence-corrected chi connectivity index (χ4v) is 3.69. The van der Waals surface area contributed by atoms with Crippen LogP contribution in [-0.2, 0) is 14.3 Å². The third-order valence-corrected chi connectivity index (χ3v) is 5.53. The van der Waals surface area contributed by atoms with Crippen LogP contribution in [0, 0.1) is 0 Å². The summed E-state index contributed by atoms with van der Waals surface area (Å²) in [4.78, 5) is 11.9. The van der Waals surface area contributed by atoms with Crippen LogP contribution in [0.15, 0.2) is 60.1 Å². The molecule has 0 aromatic heterocycles. The minimum atomic E-state index is -0.385. The Morgan fingerprint density at radius 2 is 1.45 bits per heavy atom. The summed E-state index contributed by atoms with van der Waals surface area (Å²) in [5, 5.41) is 0. The number of allylic oxidation sites excluding steroid dienone is 4. The Balaban J connectivity index is 1.69. The van der Waals surface area contributed by atoms with Gasteiger partial charge in [0.1, 0.15) is 0 Å². The third-order valence-electron chi connectivity index (χ3n) is 5.53. The lowest BCUT2D eigenvalue weighted by molar-refractivity contribution is -0.139. The van der Waals surface area contributed by atoms with Crippen molar-refractivity contribution in [2.45, 2.75) is 90.9 Å². The van der Waals surface area contributed by atoms with Crippen LogP contribution in [0.25, 0.3) is 5.57 Å². The smallest absolute Gasteiger partial charge is 0.378 e. The molecule has 1 aromatic carbocycles. The molecule has 1 aromatic rings. The van der Waals surface area contributed by atoms with Crippen LogP contribution >= 0.6 is 0 Å². The van der Waals surface area contributed by atoms with Gasteiger partial charge in [0, 0.05) is 5.57 Å². The summed E-state index contributed by atoms with van der Waals surface area (Å²) >= 11 is 0. The summed E-state index contributed by atoms with van der Waals surface area (Å²) in [6.45, 7) is 4.42. The van der Waals surface area contributed by atoms with Crippen molar-refractivity contribution in [2.75, 3.05) is 6.61 Å². The number of esters is 1. The van der Waals surface area contributed by atoms with Gasteiger partial charge in [-0.25, -0.2) is 4.79 Å². The second kappa shape index (κ2) is 15.5. The molecule has 170 valence electrons. The number of hydrogen-bond acceptors (Lipinski definition) is 3. The Bertz CT molecular complexity index is 728. The van der Waals surface area contributed by atoms with Gasteiger partial charge in [0.05, 0.1) is 6.61 Å². The molecule has 2 rings (SSSR count). The maximum Gasteiger partial charge on any atom is 0.378 e. The van der Waals surface area contributed by atoms with Gasteiger partial charge in [-0.05, 0) is 25.3 Å². The number of unbranched alkanes of at least 4 members (excludes halogenated alkanes) is 11. The molecule has 3 heteroatoms. The minimum Gasteiger partial charge on any atom is -0.460 e. The van der Waals surface area contributed by atoms with E-state index < -0.39 is 0 Å². The molecule has 0 unspecified atom stereocenters. The Morgan fingerprint density at radius 3 is 2.06 bits per heavy atom. The van der Waals surface area contributed by atoms with Gasteiger partial charge in [0.2, 0.25) is 0 Å². The Morgan fingerprint density at radius 1 is 0.839 bits per heavy atom. The van der Waals surface area contributed by atoms with E-state index in [1.165, 1.54) is 70.6 Å². The normalized spacial score (nSPS) is 13.5. The van der Waals surface area contributed by atoms with Gasteiger partial charge in [-0.2, -0.15) is 0 Å². The largest absolute Gasteiger partial charge is 0.460 e. The number of benzene rings is 1. The summed E-state index contributed by atoms with van der Waals surface area (Å²) in [7, 11) is 0. The summed E-state index contributed by atoms with van der Waals surface area (Å²) < 4.78 is 10.5. The molecule has 0 fully saturated rings. The lowest BCUT2D eigenvalue weighted by Crippen LogP contribution is -2.01. The summed E-state index contributed by atoms with van der Waals surface area (Å²) in [6.07, 6.45) is 22.4. The van der Waals surface area contributed by atoms with Gasteiger partial charge in [-0.1, -0.05) is 120 Å². The van der Waals surface area contributed by atoms with Gasteiger partial charge in [-0.15, -0.1) is 0 Å². The molecule has 0 N–H and O–H groups in total. The second-order valence-corrected chi connectivity index (χ2v) is 8.18. The molecule has 0 amide bonds. The quantitative estimate of drug-likeness (QED) is 0.144. The molecule has 3 nitrogen and oxygen atoms in total. The van der Waals surface area contributed by atoms with Gasteiger partial charge >= 0.3 is 5.97 Å². The average molecular weight is 425 g/mol. The van der Waals surface area contributed by atoms with Crippen LogP contribution in [0.4, 0.5) is 0 Å². The van der Waals surface area contributed by atoms with Gasteiger partial charge < -0.3 is 9.47 Å². The third kappa shape index (κ3) is 10.0. The van der Waals surface area contributed by atoms with Crippen LogP contribution in [0.5, 0.6) is 0 Å². The van der Waals surface area contributed by atoms with Crippen LogP contribution in [0.2, 0.25) is 0 Å². The number of carbonyl (C=O) groups is 1. The zero-order valence-corrected chi connectivity index (χ0v) is 19.5. The van der Waals surface area contributed by atoms with E-state index in [-0.39, 0.29) is 5.97 Å². The monoisotopic (exact) mass is 424 g/mol. The molecular weight excluding hydrogens is 384 g/mol. The first kappa shape index (κ1) is 25.0. The van der Waals surface area contributed by atoms with Crippen molar-refractivity contribution in [3.05, 3.63) is 65.6 Å². The van der Waals surface area contributed by atoms with E-state index in [2.05, 4.69) is 19.1 Å². The highest BCUT2D eigenvalue weighted by Gasteiger charge is 2.36. The van der Waals surface area contributed by atoms with Crippen molar-refractivity contribution in [3.63, 3.8) is 0 Å². The van der Waals surface area contributed by atoms with Crippen molar-refractivity contribution in [3.8, 4) is 0 Å².